The summed E-state index contributed by atoms with van der Waals surface area (Å²) in [5.74, 6) is 1.75. The minimum absolute atomic E-state index is 0.0737. The zero-order valence-electron chi connectivity index (χ0n) is 10.9. The highest BCUT2D eigenvalue weighted by atomic mass is 16.3. The van der Waals surface area contributed by atoms with Crippen LogP contribution in [0.15, 0.2) is 16.5 Å². The molecule has 1 rings (SSSR count). The number of furan rings is 1. The molecule has 1 aromatic rings. The van der Waals surface area contributed by atoms with Crippen molar-refractivity contribution in [1.82, 2.24) is 10.6 Å². The van der Waals surface area contributed by atoms with E-state index >= 15 is 0 Å². The molecule has 0 saturated heterocycles. The zero-order valence-corrected chi connectivity index (χ0v) is 10.9. The predicted molar refractivity (Wildman–Crippen MR) is 67.7 cm³/mol. The fraction of sp³-hybridized carbons (Fsp3) is 0.615. The van der Waals surface area contributed by atoms with Gasteiger partial charge in [-0.25, -0.2) is 0 Å². The smallest absolute Gasteiger partial charge is 0.220 e. The fourth-order valence-corrected chi connectivity index (χ4v) is 1.49. The lowest BCUT2D eigenvalue weighted by Crippen LogP contribution is -2.26. The van der Waals surface area contributed by atoms with Crippen LogP contribution < -0.4 is 10.6 Å². The van der Waals surface area contributed by atoms with E-state index in [-0.39, 0.29) is 5.91 Å². The molecular weight excluding hydrogens is 216 g/mol. The summed E-state index contributed by atoms with van der Waals surface area (Å²) in [5.41, 5.74) is 0. The number of aryl methyl sites for hydroxylation is 1. The monoisotopic (exact) mass is 238 g/mol. The molecule has 0 radical (unpaired) electrons. The minimum atomic E-state index is 0.0737. The van der Waals surface area contributed by atoms with E-state index < -0.39 is 0 Å². The van der Waals surface area contributed by atoms with E-state index in [1.807, 2.05) is 19.1 Å². The van der Waals surface area contributed by atoms with E-state index in [4.69, 9.17) is 4.42 Å². The third kappa shape index (κ3) is 6.12. The average Bonchev–Trinajstić information content (AvgIpc) is 2.67. The van der Waals surface area contributed by atoms with Crippen LogP contribution in [-0.4, -0.2) is 18.5 Å². The van der Waals surface area contributed by atoms with E-state index in [1.54, 1.807) is 0 Å². The lowest BCUT2D eigenvalue weighted by molar-refractivity contribution is -0.121. The van der Waals surface area contributed by atoms with Crippen molar-refractivity contribution >= 4 is 5.91 Å². The van der Waals surface area contributed by atoms with Crippen LogP contribution in [-0.2, 0) is 11.3 Å². The number of amides is 1. The average molecular weight is 238 g/mol. The van der Waals surface area contributed by atoms with Crippen LogP contribution >= 0.6 is 0 Å². The van der Waals surface area contributed by atoms with Crippen LogP contribution in [0.2, 0.25) is 0 Å². The van der Waals surface area contributed by atoms with Crippen molar-refractivity contribution in [2.24, 2.45) is 0 Å². The van der Waals surface area contributed by atoms with Gasteiger partial charge >= 0.3 is 0 Å². The van der Waals surface area contributed by atoms with Gasteiger partial charge in [-0.05, 0) is 32.0 Å². The second-order valence-corrected chi connectivity index (χ2v) is 4.50. The van der Waals surface area contributed by atoms with Gasteiger partial charge in [0.05, 0.1) is 6.54 Å². The molecule has 0 unspecified atom stereocenters. The van der Waals surface area contributed by atoms with Crippen molar-refractivity contribution in [2.45, 2.75) is 46.2 Å². The summed E-state index contributed by atoms with van der Waals surface area (Å²) in [6, 6.07) is 4.26. The third-order valence-electron chi connectivity index (χ3n) is 2.39. The molecule has 0 aromatic carbocycles. The van der Waals surface area contributed by atoms with Gasteiger partial charge in [0.15, 0.2) is 0 Å². The molecule has 2 N–H and O–H groups in total. The van der Waals surface area contributed by atoms with E-state index in [1.165, 1.54) is 0 Å². The summed E-state index contributed by atoms with van der Waals surface area (Å²) in [7, 11) is 0. The molecule has 96 valence electrons. The predicted octanol–water partition coefficient (Wildman–Crippen LogP) is 1.98. The first kappa shape index (κ1) is 13.8. The van der Waals surface area contributed by atoms with Gasteiger partial charge in [0.25, 0.3) is 0 Å². The second kappa shape index (κ2) is 7.12. The molecule has 0 aliphatic rings. The number of nitrogens with one attached hydrogen (secondary N) is 2. The molecule has 1 aromatic heterocycles. The van der Waals surface area contributed by atoms with Crippen molar-refractivity contribution in [2.75, 3.05) is 6.54 Å². The SMILES string of the molecule is Cc1ccc(CNC(=O)CCCNC(C)C)o1. The molecular formula is C13H22N2O2. The topological polar surface area (TPSA) is 54.3 Å². The molecule has 0 fully saturated rings. The van der Waals surface area contributed by atoms with Gasteiger partial charge < -0.3 is 15.1 Å². The molecule has 0 aliphatic carbocycles. The van der Waals surface area contributed by atoms with Crippen molar-refractivity contribution in [3.63, 3.8) is 0 Å². The van der Waals surface area contributed by atoms with E-state index in [0.29, 0.717) is 19.0 Å². The molecule has 4 heteroatoms. The first-order chi connectivity index (χ1) is 8.08. The summed E-state index contributed by atoms with van der Waals surface area (Å²) < 4.78 is 5.36. The van der Waals surface area contributed by atoms with E-state index in [2.05, 4.69) is 24.5 Å². The summed E-state index contributed by atoms with van der Waals surface area (Å²) in [5, 5.41) is 6.12. The molecule has 0 spiro atoms. The lowest BCUT2D eigenvalue weighted by atomic mass is 10.2. The Balaban J connectivity index is 2.09. The maximum Gasteiger partial charge on any atom is 0.220 e. The van der Waals surface area contributed by atoms with Gasteiger partial charge in [0, 0.05) is 12.5 Å². The Kier molecular flexibility index (Phi) is 5.77. The third-order valence-corrected chi connectivity index (χ3v) is 2.39. The maximum absolute atomic E-state index is 11.5. The van der Waals surface area contributed by atoms with E-state index in [9.17, 15) is 4.79 Å². The fourth-order valence-electron chi connectivity index (χ4n) is 1.49. The van der Waals surface area contributed by atoms with Gasteiger partial charge in [0.2, 0.25) is 5.91 Å². The van der Waals surface area contributed by atoms with Crippen LogP contribution in [0.3, 0.4) is 0 Å². The highest BCUT2D eigenvalue weighted by Crippen LogP contribution is 2.05. The van der Waals surface area contributed by atoms with Crippen molar-refractivity contribution < 1.29 is 9.21 Å². The van der Waals surface area contributed by atoms with Gasteiger partial charge in [-0.15, -0.1) is 0 Å². The summed E-state index contributed by atoms with van der Waals surface area (Å²) in [6.07, 6.45) is 1.42. The number of carbonyl (C=O) groups is 1. The number of hydrogen-bond acceptors (Lipinski definition) is 3. The van der Waals surface area contributed by atoms with Gasteiger partial charge in [-0.1, -0.05) is 13.8 Å². The molecule has 0 aliphatic heterocycles. The quantitative estimate of drug-likeness (QED) is 0.714. The first-order valence-corrected chi connectivity index (χ1v) is 6.13. The Morgan fingerprint density at radius 1 is 1.41 bits per heavy atom. The van der Waals surface area contributed by atoms with Crippen LogP contribution in [0.4, 0.5) is 0 Å². The van der Waals surface area contributed by atoms with Crippen LogP contribution in [0.25, 0.3) is 0 Å². The molecule has 1 amide bonds. The number of hydrogen-bond donors (Lipinski definition) is 2. The van der Waals surface area contributed by atoms with E-state index in [0.717, 1.165) is 24.5 Å². The number of rotatable bonds is 7. The molecule has 17 heavy (non-hydrogen) atoms. The Morgan fingerprint density at radius 3 is 2.76 bits per heavy atom. The Hall–Kier alpha value is -1.29. The molecule has 0 saturated carbocycles. The van der Waals surface area contributed by atoms with Gasteiger partial charge in [0.1, 0.15) is 11.5 Å². The largest absolute Gasteiger partial charge is 0.465 e. The highest BCUT2D eigenvalue weighted by molar-refractivity contribution is 5.75. The second-order valence-electron chi connectivity index (χ2n) is 4.50. The zero-order chi connectivity index (χ0) is 12.7. The lowest BCUT2D eigenvalue weighted by Gasteiger charge is -2.07. The summed E-state index contributed by atoms with van der Waals surface area (Å²) in [4.78, 5) is 11.5. The standard InChI is InChI=1S/C13H22N2O2/c1-10(2)14-8-4-5-13(16)15-9-12-7-6-11(3)17-12/h6-7,10,14H,4-5,8-9H2,1-3H3,(H,15,16). The van der Waals surface area contributed by atoms with Gasteiger partial charge in [-0.3, -0.25) is 4.79 Å². The summed E-state index contributed by atoms with van der Waals surface area (Å²) in [6.45, 7) is 7.44. The highest BCUT2D eigenvalue weighted by Gasteiger charge is 2.03. The van der Waals surface area contributed by atoms with Crippen LogP contribution in [0.1, 0.15) is 38.2 Å². The maximum atomic E-state index is 11.5. The Morgan fingerprint density at radius 2 is 2.18 bits per heavy atom. The van der Waals surface area contributed by atoms with Crippen molar-refractivity contribution in [1.29, 1.82) is 0 Å². The van der Waals surface area contributed by atoms with Crippen LogP contribution in [0.5, 0.6) is 0 Å². The Labute approximate surface area is 103 Å². The normalized spacial score (nSPS) is 10.8. The molecule has 0 atom stereocenters. The van der Waals surface area contributed by atoms with Crippen LogP contribution in [0, 0.1) is 6.92 Å². The van der Waals surface area contributed by atoms with Crippen molar-refractivity contribution in [3.05, 3.63) is 23.7 Å². The summed E-state index contributed by atoms with van der Waals surface area (Å²) >= 11 is 0. The van der Waals surface area contributed by atoms with Crippen molar-refractivity contribution in [3.8, 4) is 0 Å². The minimum Gasteiger partial charge on any atom is -0.465 e. The molecule has 0 bridgehead atoms. The Bertz CT molecular complexity index is 345. The number of carbonyl (C=O) groups excluding carboxylic acids is 1. The van der Waals surface area contributed by atoms with Gasteiger partial charge in [-0.2, -0.15) is 0 Å². The molecule has 4 nitrogen and oxygen atoms in total. The molecule has 1 heterocycles. The first-order valence-electron chi connectivity index (χ1n) is 6.13.